The normalized spacial score (nSPS) is 42.1. The van der Waals surface area contributed by atoms with E-state index >= 15 is 0 Å². The van der Waals surface area contributed by atoms with Gasteiger partial charge in [0.05, 0.1) is 0 Å². The van der Waals surface area contributed by atoms with Gasteiger partial charge >= 0.3 is 12.1 Å². The van der Waals surface area contributed by atoms with Crippen LogP contribution < -0.4 is 0 Å². The lowest BCUT2D eigenvalue weighted by atomic mass is 9.62. The van der Waals surface area contributed by atoms with Crippen molar-refractivity contribution < 1.29 is 41.3 Å². The predicted octanol–water partition coefficient (Wildman–Crippen LogP) is 3.78. The number of allylic oxidation sites excluding steroid dienone is 2. The molecule has 1 aliphatic carbocycles. The Kier molecular flexibility index (Phi) is 4.80. The molecule has 1 aliphatic heterocycles. The molecule has 25 heavy (non-hydrogen) atoms. The fourth-order valence-corrected chi connectivity index (χ4v) is 3.90. The van der Waals surface area contributed by atoms with Gasteiger partial charge in [-0.15, -0.1) is 0 Å². The number of rotatable bonds is 3. The molecule has 6 atom stereocenters. The van der Waals surface area contributed by atoms with Gasteiger partial charge in [0.1, 0.15) is 6.10 Å². The molecule has 0 saturated carbocycles. The number of carboxylic acids is 1. The number of carbonyl (C=O) groups is 1. The highest BCUT2D eigenvalue weighted by atomic mass is 19.4. The van der Waals surface area contributed by atoms with Crippen molar-refractivity contribution >= 4 is 5.97 Å². The molecular formula is C16H19F5O4. The van der Waals surface area contributed by atoms with Crippen LogP contribution in [0.1, 0.15) is 20.8 Å². The van der Waals surface area contributed by atoms with Crippen LogP contribution in [0.15, 0.2) is 23.8 Å². The molecule has 0 aromatic carbocycles. The number of methoxy groups -OCH3 is 1. The van der Waals surface area contributed by atoms with Gasteiger partial charge in [0.25, 0.3) is 0 Å². The average Bonchev–Trinajstić information content (AvgIpc) is 2.78. The molecule has 2 aliphatic rings. The summed E-state index contributed by atoms with van der Waals surface area (Å²) in [5.41, 5.74) is -4.30. The number of hydrogen-bond donors (Lipinski definition) is 1. The number of carboxylic acid groups (broad SMARTS) is 1. The first kappa shape index (κ1) is 19.8. The second-order valence-electron chi connectivity index (χ2n) is 6.81. The zero-order valence-corrected chi connectivity index (χ0v) is 14.0. The lowest BCUT2D eigenvalue weighted by Gasteiger charge is -2.43. The topological polar surface area (TPSA) is 55.8 Å². The highest BCUT2D eigenvalue weighted by Gasteiger charge is 2.69. The third kappa shape index (κ3) is 2.77. The minimum absolute atomic E-state index is 0.762. The Bertz CT molecular complexity index is 629. The van der Waals surface area contributed by atoms with Gasteiger partial charge in [-0.2, -0.15) is 13.2 Å². The molecule has 0 radical (unpaired) electrons. The smallest absolute Gasteiger partial charge is 0.417 e. The van der Waals surface area contributed by atoms with Crippen molar-refractivity contribution in [1.29, 1.82) is 0 Å². The summed E-state index contributed by atoms with van der Waals surface area (Å²) < 4.78 is 78.2. The Morgan fingerprint density at radius 2 is 1.88 bits per heavy atom. The summed E-state index contributed by atoms with van der Waals surface area (Å²) >= 11 is 0. The van der Waals surface area contributed by atoms with Crippen LogP contribution in [0.4, 0.5) is 22.0 Å². The van der Waals surface area contributed by atoms with Gasteiger partial charge < -0.3 is 14.6 Å². The maximum atomic E-state index is 14.2. The molecule has 0 bridgehead atoms. The lowest BCUT2D eigenvalue weighted by Crippen LogP contribution is -2.50. The van der Waals surface area contributed by atoms with E-state index in [1.807, 2.05) is 0 Å². The Morgan fingerprint density at radius 1 is 1.32 bits per heavy atom. The van der Waals surface area contributed by atoms with E-state index in [1.54, 1.807) is 0 Å². The highest BCUT2D eigenvalue weighted by molar-refractivity contribution is 5.74. The molecular weight excluding hydrogens is 351 g/mol. The van der Waals surface area contributed by atoms with Gasteiger partial charge in [0, 0.05) is 24.4 Å². The molecule has 0 aromatic heterocycles. The Hall–Kier alpha value is -1.48. The fraction of sp³-hybridized carbons (Fsp3) is 0.688. The fourth-order valence-electron chi connectivity index (χ4n) is 3.90. The quantitative estimate of drug-likeness (QED) is 0.768. The SMILES string of the molecule is COC1C(F)=C(F)C=CC1(C)[C@H]1[C@H](C(=O)O)O[C@@](C)(C(F)(F)F)[C@H]1C. The first-order valence-corrected chi connectivity index (χ1v) is 7.55. The molecule has 1 N–H and O–H groups in total. The summed E-state index contributed by atoms with van der Waals surface area (Å²) in [5, 5.41) is 9.38. The number of halogens is 5. The molecule has 2 unspecified atom stereocenters. The van der Waals surface area contributed by atoms with Gasteiger partial charge in [0.15, 0.2) is 23.4 Å². The number of ether oxygens (including phenoxy) is 2. The van der Waals surface area contributed by atoms with E-state index < -0.39 is 58.9 Å². The molecule has 142 valence electrons. The van der Waals surface area contributed by atoms with E-state index in [0.29, 0.717) is 0 Å². The molecule has 1 saturated heterocycles. The zero-order chi connectivity index (χ0) is 19.4. The van der Waals surface area contributed by atoms with E-state index in [2.05, 4.69) is 0 Å². The molecule has 0 aromatic rings. The van der Waals surface area contributed by atoms with Crippen LogP contribution in [0, 0.1) is 17.3 Å². The van der Waals surface area contributed by atoms with E-state index in [9.17, 15) is 31.9 Å². The molecule has 0 spiro atoms. The van der Waals surface area contributed by atoms with Gasteiger partial charge in [-0.05, 0) is 13.0 Å². The molecule has 1 fully saturated rings. The van der Waals surface area contributed by atoms with Crippen molar-refractivity contribution in [2.75, 3.05) is 7.11 Å². The minimum Gasteiger partial charge on any atom is -0.479 e. The van der Waals surface area contributed by atoms with Crippen molar-refractivity contribution in [3.8, 4) is 0 Å². The summed E-state index contributed by atoms with van der Waals surface area (Å²) in [7, 11) is 1.08. The van der Waals surface area contributed by atoms with Crippen molar-refractivity contribution in [2.45, 2.75) is 44.8 Å². The van der Waals surface area contributed by atoms with Crippen molar-refractivity contribution in [3.63, 3.8) is 0 Å². The van der Waals surface area contributed by atoms with Crippen LogP contribution in [-0.2, 0) is 14.3 Å². The Labute approximate surface area is 141 Å². The second-order valence-corrected chi connectivity index (χ2v) is 6.81. The van der Waals surface area contributed by atoms with Crippen LogP contribution in [0.25, 0.3) is 0 Å². The van der Waals surface area contributed by atoms with Crippen molar-refractivity contribution in [2.24, 2.45) is 17.3 Å². The molecule has 1 heterocycles. The van der Waals surface area contributed by atoms with Crippen LogP contribution in [0.2, 0.25) is 0 Å². The largest absolute Gasteiger partial charge is 0.479 e. The number of alkyl halides is 3. The standard InChI is InChI=1S/C16H19F5O4/c1-7-9(11(13(22)23)25-15(7,3)16(19,20)21)14(2)6-5-8(17)10(18)12(14)24-4/h5-7,9,11-12H,1-4H3,(H,22,23)/t7-,9+,11+,12?,14?,15+/m0/s1. The zero-order valence-electron chi connectivity index (χ0n) is 14.0. The molecule has 0 amide bonds. The van der Waals surface area contributed by atoms with Crippen LogP contribution >= 0.6 is 0 Å². The summed E-state index contributed by atoms with van der Waals surface area (Å²) in [4.78, 5) is 11.6. The predicted molar refractivity (Wildman–Crippen MR) is 76.9 cm³/mol. The highest BCUT2D eigenvalue weighted by Crippen LogP contribution is 2.58. The lowest BCUT2D eigenvalue weighted by molar-refractivity contribution is -0.273. The monoisotopic (exact) mass is 370 g/mol. The average molecular weight is 370 g/mol. The van der Waals surface area contributed by atoms with Gasteiger partial charge in [0.2, 0.25) is 0 Å². The molecule has 2 rings (SSSR count). The van der Waals surface area contributed by atoms with E-state index in [4.69, 9.17) is 9.47 Å². The summed E-state index contributed by atoms with van der Waals surface area (Å²) in [5.74, 6) is -6.76. The third-order valence-corrected chi connectivity index (χ3v) is 5.48. The second kappa shape index (κ2) is 6.05. The summed E-state index contributed by atoms with van der Waals surface area (Å²) in [6.07, 6.45) is -6.33. The summed E-state index contributed by atoms with van der Waals surface area (Å²) in [6.45, 7) is 3.30. The van der Waals surface area contributed by atoms with Gasteiger partial charge in [-0.25, -0.2) is 13.6 Å². The number of aliphatic carboxylic acids is 1. The van der Waals surface area contributed by atoms with Crippen LogP contribution in [0.5, 0.6) is 0 Å². The van der Waals surface area contributed by atoms with E-state index in [-0.39, 0.29) is 0 Å². The molecule has 4 nitrogen and oxygen atoms in total. The van der Waals surface area contributed by atoms with Crippen LogP contribution in [0.3, 0.4) is 0 Å². The van der Waals surface area contributed by atoms with E-state index in [0.717, 1.165) is 26.2 Å². The van der Waals surface area contributed by atoms with Crippen molar-refractivity contribution in [3.05, 3.63) is 23.8 Å². The number of hydrogen-bond acceptors (Lipinski definition) is 3. The maximum Gasteiger partial charge on any atom is 0.417 e. The van der Waals surface area contributed by atoms with Gasteiger partial charge in [-0.1, -0.05) is 19.9 Å². The van der Waals surface area contributed by atoms with Crippen molar-refractivity contribution in [1.82, 2.24) is 0 Å². The first-order valence-electron chi connectivity index (χ1n) is 7.55. The summed E-state index contributed by atoms with van der Waals surface area (Å²) in [6, 6.07) is 0. The molecule has 9 heteroatoms. The third-order valence-electron chi connectivity index (χ3n) is 5.48. The maximum absolute atomic E-state index is 14.2. The van der Waals surface area contributed by atoms with Gasteiger partial charge in [-0.3, -0.25) is 0 Å². The van der Waals surface area contributed by atoms with E-state index in [1.165, 1.54) is 13.8 Å². The van der Waals surface area contributed by atoms with Crippen LogP contribution in [-0.4, -0.2) is 42.2 Å². The minimum atomic E-state index is -4.84. The Morgan fingerprint density at radius 3 is 2.32 bits per heavy atom. The Balaban J connectivity index is 2.59. The first-order chi connectivity index (χ1) is 11.3.